The average Bonchev–Trinajstić information content (AvgIpc) is 2.53. The van der Waals surface area contributed by atoms with Crippen molar-refractivity contribution < 1.29 is 14.3 Å². The predicted molar refractivity (Wildman–Crippen MR) is 90.4 cm³/mol. The second-order valence-corrected chi connectivity index (χ2v) is 5.68. The van der Waals surface area contributed by atoms with Gasteiger partial charge in [-0.1, -0.05) is 70.6 Å². The third-order valence-electron chi connectivity index (χ3n) is 3.68. The van der Waals surface area contributed by atoms with Crippen LogP contribution in [0.25, 0.3) is 0 Å². The van der Waals surface area contributed by atoms with Gasteiger partial charge in [-0.05, 0) is 30.9 Å². The highest BCUT2D eigenvalue weighted by Crippen LogP contribution is 2.21. The van der Waals surface area contributed by atoms with Gasteiger partial charge in [-0.15, -0.1) is 0 Å². The van der Waals surface area contributed by atoms with Crippen LogP contribution in [0.4, 0.5) is 4.79 Å². The van der Waals surface area contributed by atoms with Crippen molar-refractivity contribution in [2.45, 2.75) is 71.6 Å². The molecule has 1 aromatic rings. The summed E-state index contributed by atoms with van der Waals surface area (Å²) in [7, 11) is 0. The van der Waals surface area contributed by atoms with E-state index in [1.807, 2.05) is 24.3 Å². The first-order chi connectivity index (χ1) is 10.8. The molecule has 0 aromatic heterocycles. The topological polar surface area (TPSA) is 35.5 Å². The lowest BCUT2D eigenvalue weighted by Gasteiger charge is -2.10. The summed E-state index contributed by atoms with van der Waals surface area (Å²) in [5, 5.41) is 0. The smallest absolute Gasteiger partial charge is 0.434 e. The maximum Gasteiger partial charge on any atom is 0.513 e. The van der Waals surface area contributed by atoms with Crippen LogP contribution in [0.2, 0.25) is 0 Å². The molecule has 1 aromatic carbocycles. The molecule has 0 fully saturated rings. The van der Waals surface area contributed by atoms with E-state index in [0.29, 0.717) is 12.4 Å². The van der Waals surface area contributed by atoms with Crippen LogP contribution in [-0.2, 0) is 11.2 Å². The summed E-state index contributed by atoms with van der Waals surface area (Å²) in [5.74, 6) is 0.637. The van der Waals surface area contributed by atoms with E-state index < -0.39 is 6.16 Å². The molecular formula is C19H30O3. The quantitative estimate of drug-likeness (QED) is 0.290. The van der Waals surface area contributed by atoms with Gasteiger partial charge in [0.15, 0.2) is 0 Å². The number of ether oxygens (including phenoxy) is 2. The Labute approximate surface area is 135 Å². The zero-order valence-electron chi connectivity index (χ0n) is 14.1. The van der Waals surface area contributed by atoms with E-state index in [0.717, 1.165) is 31.2 Å². The molecule has 3 heteroatoms. The first-order valence-electron chi connectivity index (χ1n) is 8.70. The summed E-state index contributed by atoms with van der Waals surface area (Å²) in [6, 6.07) is 7.74. The van der Waals surface area contributed by atoms with Gasteiger partial charge in [-0.3, -0.25) is 0 Å². The monoisotopic (exact) mass is 306 g/mol. The number of carbonyl (C=O) groups excluding carboxylic acids is 1. The van der Waals surface area contributed by atoms with Crippen molar-refractivity contribution in [2.24, 2.45) is 0 Å². The molecule has 0 bridgehead atoms. The van der Waals surface area contributed by atoms with Crippen LogP contribution in [0, 0.1) is 0 Å². The van der Waals surface area contributed by atoms with Crippen LogP contribution in [0.15, 0.2) is 24.3 Å². The summed E-state index contributed by atoms with van der Waals surface area (Å²) in [5.41, 5.74) is 1.08. The molecule has 0 saturated heterocycles. The number of hydrogen-bond acceptors (Lipinski definition) is 3. The lowest BCUT2D eigenvalue weighted by Crippen LogP contribution is -2.12. The Morgan fingerprint density at radius 3 is 2.32 bits per heavy atom. The van der Waals surface area contributed by atoms with Crippen molar-refractivity contribution >= 4 is 6.16 Å². The van der Waals surface area contributed by atoms with Crippen LogP contribution in [0.1, 0.15) is 70.8 Å². The minimum absolute atomic E-state index is 0.442. The summed E-state index contributed by atoms with van der Waals surface area (Å²) < 4.78 is 10.5. The number of para-hydroxylation sites is 1. The van der Waals surface area contributed by atoms with Crippen LogP contribution in [-0.4, -0.2) is 12.8 Å². The molecule has 0 unspecified atom stereocenters. The molecule has 0 N–H and O–H groups in total. The number of unbranched alkanes of at least 4 members (excludes halogenated alkanes) is 6. The van der Waals surface area contributed by atoms with E-state index in [1.165, 1.54) is 32.1 Å². The molecule has 0 aliphatic heterocycles. The van der Waals surface area contributed by atoms with Crippen LogP contribution >= 0.6 is 0 Å². The Morgan fingerprint density at radius 2 is 1.59 bits per heavy atom. The van der Waals surface area contributed by atoms with Gasteiger partial charge in [0.1, 0.15) is 5.75 Å². The highest BCUT2D eigenvalue weighted by Gasteiger charge is 2.09. The van der Waals surface area contributed by atoms with Crippen LogP contribution in [0.3, 0.4) is 0 Å². The lowest BCUT2D eigenvalue weighted by molar-refractivity contribution is 0.0970. The van der Waals surface area contributed by atoms with E-state index in [2.05, 4.69) is 13.8 Å². The minimum atomic E-state index is -0.586. The Hall–Kier alpha value is -1.51. The summed E-state index contributed by atoms with van der Waals surface area (Å²) >= 11 is 0. The number of aryl methyl sites for hydroxylation is 1. The van der Waals surface area contributed by atoms with Crippen molar-refractivity contribution in [3.05, 3.63) is 29.8 Å². The Bertz CT molecular complexity index is 415. The Kier molecular flexibility index (Phi) is 10.2. The standard InChI is InChI=1S/C19H30O3/c1-3-5-7-9-13-17-14-10-11-15-18(17)22-19(20)21-16-12-8-6-4-2/h10-11,14-15H,3-9,12-13,16H2,1-2H3. The second kappa shape index (κ2) is 12.1. The summed E-state index contributed by atoms with van der Waals surface area (Å²) in [6.07, 6.45) is 9.53. The van der Waals surface area contributed by atoms with Crippen molar-refractivity contribution in [3.8, 4) is 5.75 Å². The molecule has 0 aliphatic carbocycles. The maximum atomic E-state index is 11.7. The highest BCUT2D eigenvalue weighted by atomic mass is 16.7. The Balaban J connectivity index is 2.35. The average molecular weight is 306 g/mol. The first-order valence-corrected chi connectivity index (χ1v) is 8.70. The van der Waals surface area contributed by atoms with Gasteiger partial charge >= 0.3 is 6.16 Å². The number of carbonyl (C=O) groups is 1. The predicted octanol–water partition coefficient (Wildman–Crippen LogP) is 5.91. The van der Waals surface area contributed by atoms with Gasteiger partial charge < -0.3 is 9.47 Å². The molecule has 22 heavy (non-hydrogen) atoms. The normalized spacial score (nSPS) is 10.5. The first kappa shape index (κ1) is 18.5. The van der Waals surface area contributed by atoms with E-state index in [9.17, 15) is 4.79 Å². The molecule has 0 spiro atoms. The molecule has 1 rings (SSSR count). The fraction of sp³-hybridized carbons (Fsp3) is 0.632. The highest BCUT2D eigenvalue weighted by molar-refractivity contribution is 5.64. The van der Waals surface area contributed by atoms with Gasteiger partial charge in [-0.25, -0.2) is 4.79 Å². The molecule has 0 amide bonds. The zero-order chi connectivity index (χ0) is 16.0. The van der Waals surface area contributed by atoms with E-state index in [1.54, 1.807) is 0 Å². The van der Waals surface area contributed by atoms with Gasteiger partial charge in [0.2, 0.25) is 0 Å². The lowest BCUT2D eigenvalue weighted by atomic mass is 10.1. The van der Waals surface area contributed by atoms with Crippen molar-refractivity contribution in [3.63, 3.8) is 0 Å². The van der Waals surface area contributed by atoms with Crippen molar-refractivity contribution in [1.82, 2.24) is 0 Å². The molecule has 3 nitrogen and oxygen atoms in total. The van der Waals surface area contributed by atoms with E-state index in [-0.39, 0.29) is 0 Å². The molecule has 0 aliphatic rings. The van der Waals surface area contributed by atoms with Crippen LogP contribution < -0.4 is 4.74 Å². The fourth-order valence-electron chi connectivity index (χ4n) is 2.36. The van der Waals surface area contributed by atoms with E-state index >= 15 is 0 Å². The molecule has 0 atom stereocenters. The summed E-state index contributed by atoms with van der Waals surface area (Å²) in [6.45, 7) is 4.80. The minimum Gasteiger partial charge on any atom is -0.434 e. The van der Waals surface area contributed by atoms with Crippen LogP contribution in [0.5, 0.6) is 5.75 Å². The fourth-order valence-corrected chi connectivity index (χ4v) is 2.36. The molecule has 0 heterocycles. The number of benzene rings is 1. The molecule has 0 saturated carbocycles. The third kappa shape index (κ3) is 8.06. The second-order valence-electron chi connectivity index (χ2n) is 5.68. The molecule has 124 valence electrons. The van der Waals surface area contributed by atoms with Crippen molar-refractivity contribution in [1.29, 1.82) is 0 Å². The Morgan fingerprint density at radius 1 is 0.909 bits per heavy atom. The largest absolute Gasteiger partial charge is 0.513 e. The van der Waals surface area contributed by atoms with Gasteiger partial charge in [0, 0.05) is 0 Å². The zero-order valence-corrected chi connectivity index (χ0v) is 14.1. The number of rotatable bonds is 11. The molecular weight excluding hydrogens is 276 g/mol. The van der Waals surface area contributed by atoms with Gasteiger partial charge in [-0.2, -0.15) is 0 Å². The van der Waals surface area contributed by atoms with Crippen molar-refractivity contribution in [2.75, 3.05) is 6.61 Å². The molecule has 0 radical (unpaired) electrons. The SMILES string of the molecule is CCCCCCOC(=O)Oc1ccccc1CCCCCC. The summed E-state index contributed by atoms with van der Waals surface area (Å²) in [4.78, 5) is 11.7. The third-order valence-corrected chi connectivity index (χ3v) is 3.68. The van der Waals surface area contributed by atoms with Gasteiger partial charge in [0.25, 0.3) is 0 Å². The van der Waals surface area contributed by atoms with E-state index in [4.69, 9.17) is 9.47 Å². The number of hydrogen-bond donors (Lipinski definition) is 0. The van der Waals surface area contributed by atoms with Gasteiger partial charge in [0.05, 0.1) is 6.61 Å². The maximum absolute atomic E-state index is 11.7.